The van der Waals surface area contributed by atoms with Gasteiger partial charge in [0.2, 0.25) is 23.7 Å². The van der Waals surface area contributed by atoms with E-state index < -0.39 is 11.5 Å². The van der Waals surface area contributed by atoms with Crippen LogP contribution >= 0.6 is 0 Å². The number of piperidine rings is 1. The molecule has 3 saturated heterocycles. The SMILES string of the molecule is CN(C)C(=O)c1cc2cnc(Nc3ccc(N4CC(C5CN(c6cccc7c6C6(CC6)C(=O)N7[C@@H]6CCC(=O)NC6=O)C5)C4)cn3)nc2n1C1CCCC1. The summed E-state index contributed by atoms with van der Waals surface area (Å²) in [6, 6.07) is 11.7. The molecule has 4 aliphatic heterocycles. The predicted molar refractivity (Wildman–Crippen MR) is 203 cm³/mol. The van der Waals surface area contributed by atoms with Gasteiger partial charge >= 0.3 is 0 Å². The van der Waals surface area contributed by atoms with Gasteiger partial charge in [0.05, 0.1) is 23.0 Å². The highest BCUT2D eigenvalue weighted by Crippen LogP contribution is 2.61. The fourth-order valence-electron chi connectivity index (χ4n) is 9.54. The average molecular weight is 729 g/mol. The first-order valence-electron chi connectivity index (χ1n) is 19.3. The van der Waals surface area contributed by atoms with Crippen molar-refractivity contribution in [3.05, 3.63) is 60.0 Å². The lowest BCUT2D eigenvalue weighted by Gasteiger charge is -2.52. The van der Waals surface area contributed by atoms with Crippen molar-refractivity contribution in [3.8, 4) is 0 Å². The standard InChI is InChI=1S/C40H44N10O4/c1-46(2)37(53)31-16-23-17-42-39(45-35(23)49(31)26-6-3-4-7-26)43-32-12-10-27(18-41-32)47-19-24(20-47)25-21-48(22-25)28-8-5-9-29-34(28)40(14-15-40)38(54)50(29)30-11-13-33(51)44-36(30)52/h5,8-10,12,16-18,24-26,30H,3-4,6-7,11,13-15,19-22H2,1-2H3,(H,44,51,52)(H,41,42,43,45)/t30-/m1/s1. The smallest absolute Gasteiger partial charge is 0.270 e. The molecule has 2 aliphatic carbocycles. The molecule has 7 heterocycles. The molecule has 2 N–H and O–H groups in total. The van der Waals surface area contributed by atoms with Gasteiger partial charge in [-0.3, -0.25) is 29.4 Å². The highest BCUT2D eigenvalue weighted by Gasteiger charge is 2.62. The minimum atomic E-state index is -0.639. The van der Waals surface area contributed by atoms with E-state index in [0.29, 0.717) is 35.7 Å². The molecule has 1 spiro atoms. The van der Waals surface area contributed by atoms with Crippen molar-refractivity contribution in [1.29, 1.82) is 0 Å². The van der Waals surface area contributed by atoms with Crippen molar-refractivity contribution in [3.63, 3.8) is 0 Å². The highest BCUT2D eigenvalue weighted by molar-refractivity contribution is 6.16. The molecule has 5 fully saturated rings. The number of carbonyl (C=O) groups excluding carboxylic acids is 4. The van der Waals surface area contributed by atoms with Gasteiger partial charge in [-0.2, -0.15) is 4.98 Å². The summed E-state index contributed by atoms with van der Waals surface area (Å²) in [5, 5.41) is 6.57. The van der Waals surface area contributed by atoms with Gasteiger partial charge in [-0.15, -0.1) is 0 Å². The van der Waals surface area contributed by atoms with Crippen LogP contribution in [0.4, 0.5) is 28.8 Å². The predicted octanol–water partition coefficient (Wildman–Crippen LogP) is 4.14. The summed E-state index contributed by atoms with van der Waals surface area (Å²) < 4.78 is 2.12. The summed E-state index contributed by atoms with van der Waals surface area (Å²) in [4.78, 5) is 73.7. The van der Waals surface area contributed by atoms with Crippen molar-refractivity contribution in [2.75, 3.05) is 60.3 Å². The first-order valence-corrected chi connectivity index (χ1v) is 19.3. The third-order valence-corrected chi connectivity index (χ3v) is 12.7. The van der Waals surface area contributed by atoms with Crippen LogP contribution < -0.4 is 25.3 Å². The van der Waals surface area contributed by atoms with E-state index >= 15 is 0 Å². The Labute approximate surface area is 312 Å². The van der Waals surface area contributed by atoms with Gasteiger partial charge in [0.1, 0.15) is 23.2 Å². The van der Waals surface area contributed by atoms with Crippen molar-refractivity contribution in [1.82, 2.24) is 29.7 Å². The minimum absolute atomic E-state index is 0.0101. The molecule has 2 saturated carbocycles. The van der Waals surface area contributed by atoms with E-state index in [1.165, 1.54) is 0 Å². The number of pyridine rings is 1. The van der Waals surface area contributed by atoms with E-state index in [-0.39, 0.29) is 36.1 Å². The topological polar surface area (TPSA) is 149 Å². The van der Waals surface area contributed by atoms with E-state index in [9.17, 15) is 19.2 Å². The Morgan fingerprint density at radius 2 is 1.65 bits per heavy atom. The maximum Gasteiger partial charge on any atom is 0.270 e. The molecule has 0 radical (unpaired) electrons. The number of carbonyl (C=O) groups is 4. The number of hydrogen-bond donors (Lipinski definition) is 2. The molecule has 1 aromatic carbocycles. The number of fused-ring (bicyclic) bond motifs is 3. The lowest BCUT2D eigenvalue weighted by molar-refractivity contribution is -0.135. The fourth-order valence-corrected chi connectivity index (χ4v) is 9.54. The number of aromatic nitrogens is 4. The average Bonchev–Trinajstić information content (AvgIpc) is 3.45. The highest BCUT2D eigenvalue weighted by atomic mass is 16.2. The summed E-state index contributed by atoms with van der Waals surface area (Å²) in [6.07, 6.45) is 10.3. The number of anilines is 5. The molecule has 0 bridgehead atoms. The summed E-state index contributed by atoms with van der Waals surface area (Å²) in [5.41, 5.74) is 5.00. The second-order valence-corrected chi connectivity index (χ2v) is 16.3. The van der Waals surface area contributed by atoms with Crippen LogP contribution in [0.15, 0.2) is 48.8 Å². The second-order valence-electron chi connectivity index (χ2n) is 16.3. The van der Waals surface area contributed by atoms with Crippen molar-refractivity contribution < 1.29 is 19.2 Å². The molecule has 14 nitrogen and oxygen atoms in total. The zero-order chi connectivity index (χ0) is 36.9. The first-order chi connectivity index (χ1) is 26.2. The Kier molecular flexibility index (Phi) is 7.50. The quantitative estimate of drug-likeness (QED) is 0.254. The van der Waals surface area contributed by atoms with Crippen LogP contribution in [0.2, 0.25) is 0 Å². The minimum Gasteiger partial charge on any atom is -0.371 e. The molecule has 4 aromatic rings. The Bertz CT molecular complexity index is 2210. The Hall–Kier alpha value is -5.53. The first kappa shape index (κ1) is 33.1. The molecule has 0 unspecified atom stereocenters. The van der Waals surface area contributed by atoms with Crippen LogP contribution in [0.1, 0.15) is 73.5 Å². The second kappa shape index (κ2) is 12.3. The molecule has 6 aliphatic rings. The third kappa shape index (κ3) is 5.16. The third-order valence-electron chi connectivity index (χ3n) is 12.7. The maximum atomic E-state index is 13.8. The number of benzene rings is 1. The van der Waals surface area contributed by atoms with Crippen molar-refractivity contribution in [2.24, 2.45) is 11.8 Å². The van der Waals surface area contributed by atoms with Crippen LogP contribution in [-0.4, -0.2) is 94.4 Å². The van der Waals surface area contributed by atoms with Crippen LogP contribution in [-0.2, 0) is 19.8 Å². The van der Waals surface area contributed by atoms with Gasteiger partial charge in [-0.05, 0) is 62.4 Å². The normalized spacial score (nSPS) is 22.4. The number of amides is 4. The Morgan fingerprint density at radius 1 is 0.907 bits per heavy atom. The van der Waals surface area contributed by atoms with Gasteiger partial charge in [0.25, 0.3) is 5.91 Å². The monoisotopic (exact) mass is 728 g/mol. The zero-order valence-electron chi connectivity index (χ0n) is 30.6. The number of nitrogens with one attached hydrogen (secondary N) is 2. The zero-order valence-corrected chi connectivity index (χ0v) is 30.6. The van der Waals surface area contributed by atoms with Gasteiger partial charge < -0.3 is 24.6 Å². The molecule has 3 aromatic heterocycles. The number of imide groups is 1. The van der Waals surface area contributed by atoms with Crippen LogP contribution in [0, 0.1) is 11.8 Å². The number of rotatable bonds is 8. The lowest BCUT2D eigenvalue weighted by Crippen LogP contribution is -2.60. The van der Waals surface area contributed by atoms with Crippen LogP contribution in [0.5, 0.6) is 0 Å². The van der Waals surface area contributed by atoms with E-state index in [0.717, 1.165) is 98.4 Å². The van der Waals surface area contributed by atoms with Crippen molar-refractivity contribution >= 4 is 63.5 Å². The number of nitrogens with zero attached hydrogens (tertiary/aromatic N) is 8. The molecule has 14 heteroatoms. The van der Waals surface area contributed by atoms with Crippen LogP contribution in [0.3, 0.4) is 0 Å². The Balaban J connectivity index is 0.782. The molecular formula is C40H44N10O4. The maximum absolute atomic E-state index is 13.8. The molecular weight excluding hydrogens is 685 g/mol. The Morgan fingerprint density at radius 3 is 2.33 bits per heavy atom. The molecule has 10 rings (SSSR count). The fraction of sp³-hybridized carbons (Fsp3) is 0.475. The van der Waals surface area contributed by atoms with Crippen molar-refractivity contribution in [2.45, 2.75) is 68.9 Å². The van der Waals surface area contributed by atoms with E-state index in [2.05, 4.69) is 42.1 Å². The van der Waals surface area contributed by atoms with Gasteiger partial charge in [0.15, 0.2) is 0 Å². The molecule has 4 amide bonds. The lowest BCUT2D eigenvalue weighted by atomic mass is 9.79. The molecule has 278 valence electrons. The summed E-state index contributed by atoms with van der Waals surface area (Å²) >= 11 is 0. The van der Waals surface area contributed by atoms with E-state index in [1.54, 1.807) is 30.1 Å². The summed E-state index contributed by atoms with van der Waals surface area (Å²) in [5.74, 6) is 1.58. The van der Waals surface area contributed by atoms with Gasteiger partial charge in [-0.25, -0.2) is 9.97 Å². The molecule has 1 atom stereocenters. The summed E-state index contributed by atoms with van der Waals surface area (Å²) in [6.45, 7) is 3.82. The van der Waals surface area contributed by atoms with Gasteiger partial charge in [-0.1, -0.05) is 18.9 Å². The van der Waals surface area contributed by atoms with E-state index in [1.807, 2.05) is 30.5 Å². The summed E-state index contributed by atoms with van der Waals surface area (Å²) in [7, 11) is 3.56. The van der Waals surface area contributed by atoms with Gasteiger partial charge in [0, 0.05) is 87.4 Å². The van der Waals surface area contributed by atoms with Crippen LogP contribution in [0.25, 0.3) is 11.0 Å². The largest absolute Gasteiger partial charge is 0.371 e. The van der Waals surface area contributed by atoms with E-state index in [4.69, 9.17) is 9.97 Å². The number of hydrogen-bond acceptors (Lipinski definition) is 10. The molecule has 54 heavy (non-hydrogen) atoms.